The molecule has 1 fully saturated rings. The Morgan fingerprint density at radius 1 is 0.436 bits per heavy atom. The van der Waals surface area contributed by atoms with Gasteiger partial charge in [0.1, 0.15) is 6.61 Å². The zero-order valence-electron chi connectivity index (χ0n) is 29.8. The molecule has 4 atom stereocenters. The second kappa shape index (κ2) is 17.1. The van der Waals surface area contributed by atoms with Gasteiger partial charge in [-0.1, -0.05) is 127 Å². The molecule has 0 radical (unpaired) electrons. The van der Waals surface area contributed by atoms with Gasteiger partial charge < -0.3 is 18.9 Å². The van der Waals surface area contributed by atoms with Crippen molar-refractivity contribution in [2.24, 2.45) is 0 Å². The largest absolute Gasteiger partial charge is 0.461 e. The number of esters is 4. The number of hydrogen-bond acceptors (Lipinski definition) is 9. The Labute approximate surface area is 323 Å². The molecule has 0 saturated carbocycles. The van der Waals surface area contributed by atoms with Gasteiger partial charge in [-0.3, -0.25) is 4.79 Å². The average molecular weight is 749 g/mol. The van der Waals surface area contributed by atoms with Gasteiger partial charge in [0.2, 0.25) is 0 Å². The first-order valence-electron chi connectivity index (χ1n) is 17.7. The summed E-state index contributed by atoms with van der Waals surface area (Å²) in [6.07, 6.45) is -2.38. The minimum Gasteiger partial charge on any atom is -0.461 e. The van der Waals surface area contributed by atoms with Crippen LogP contribution < -0.4 is 0 Å². The number of carbonyl (C=O) groups excluding carboxylic acids is 4. The average Bonchev–Trinajstić information content (AvgIpc) is 3.54. The van der Waals surface area contributed by atoms with Gasteiger partial charge in [0.25, 0.3) is 0 Å². The molecular weight excluding hydrogens is 713 g/mol. The maximum absolute atomic E-state index is 13.7. The SMILES string of the molecule is CC(=O)OC1S[C@@H](COC(=O)c2ccc(-c3ccccc3)cc2)[C@H](OC(=O)c2ccc(-c3ccccc3)cc2)[C@H]1OC(=O)c1ccc(-c2ccccc2)cc1. The number of ether oxygens (including phenoxy) is 4. The molecule has 6 aromatic rings. The van der Waals surface area contributed by atoms with E-state index in [4.69, 9.17) is 18.9 Å². The molecule has 274 valence electrons. The third-order valence-corrected chi connectivity index (χ3v) is 10.5. The summed E-state index contributed by atoms with van der Waals surface area (Å²) in [5.41, 5.74) is 5.52. The quantitative estimate of drug-likeness (QED) is 0.0947. The van der Waals surface area contributed by atoms with Crippen molar-refractivity contribution in [1.82, 2.24) is 0 Å². The Bertz CT molecular complexity index is 2240. The molecule has 1 saturated heterocycles. The second-order valence-corrected chi connectivity index (χ2v) is 14.2. The lowest BCUT2D eigenvalue weighted by Crippen LogP contribution is -2.42. The smallest absolute Gasteiger partial charge is 0.338 e. The number of carbonyl (C=O) groups is 4. The lowest BCUT2D eigenvalue weighted by Gasteiger charge is -2.25. The van der Waals surface area contributed by atoms with Gasteiger partial charge in [-0.15, -0.1) is 11.8 Å². The Balaban J connectivity index is 1.12. The summed E-state index contributed by atoms with van der Waals surface area (Å²) in [6, 6.07) is 50.1. The van der Waals surface area contributed by atoms with E-state index in [0.29, 0.717) is 5.56 Å². The summed E-state index contributed by atoms with van der Waals surface area (Å²) >= 11 is 1.09. The third-order valence-electron chi connectivity index (χ3n) is 9.10. The van der Waals surface area contributed by atoms with Crippen molar-refractivity contribution in [2.45, 2.75) is 29.8 Å². The van der Waals surface area contributed by atoms with Crippen LogP contribution in [-0.2, 0) is 23.7 Å². The van der Waals surface area contributed by atoms with Crippen LogP contribution in [0.1, 0.15) is 38.0 Å². The van der Waals surface area contributed by atoms with Crippen molar-refractivity contribution < 1.29 is 38.1 Å². The fourth-order valence-corrected chi connectivity index (χ4v) is 7.68. The standard InChI is InChI=1S/C46H36O8S/c1-30(47)52-46-42(54-45(50)39-27-21-36(22-28-39)33-15-9-4-10-16-33)41(53-44(49)38-25-19-35(20-26-38)32-13-7-3-8-14-32)40(55-46)29-51-43(48)37-23-17-34(18-24-37)31-11-5-2-6-12-31/h2-28,40-42,46H,29H2,1H3/t40-,41-,42+,46?/m0/s1. The highest BCUT2D eigenvalue weighted by Crippen LogP contribution is 2.40. The van der Waals surface area contributed by atoms with Crippen LogP contribution in [0.25, 0.3) is 33.4 Å². The van der Waals surface area contributed by atoms with E-state index in [2.05, 4.69) is 0 Å². The number of benzene rings is 6. The molecule has 0 N–H and O–H groups in total. The van der Waals surface area contributed by atoms with Crippen LogP contribution in [0, 0.1) is 0 Å². The van der Waals surface area contributed by atoms with E-state index in [1.165, 1.54) is 6.92 Å². The first-order valence-corrected chi connectivity index (χ1v) is 18.6. The predicted molar refractivity (Wildman–Crippen MR) is 211 cm³/mol. The van der Waals surface area contributed by atoms with Crippen molar-refractivity contribution in [3.05, 3.63) is 180 Å². The van der Waals surface area contributed by atoms with E-state index < -0.39 is 46.8 Å². The first kappa shape index (κ1) is 36.9. The molecule has 6 aromatic carbocycles. The van der Waals surface area contributed by atoms with E-state index in [9.17, 15) is 19.2 Å². The normalized spacial score (nSPS) is 17.5. The molecule has 8 nitrogen and oxygen atoms in total. The van der Waals surface area contributed by atoms with Crippen LogP contribution in [-0.4, -0.2) is 53.4 Å². The van der Waals surface area contributed by atoms with Crippen LogP contribution in [0.4, 0.5) is 0 Å². The van der Waals surface area contributed by atoms with Gasteiger partial charge in [-0.05, 0) is 69.8 Å². The molecule has 1 heterocycles. The molecule has 1 unspecified atom stereocenters. The maximum Gasteiger partial charge on any atom is 0.338 e. The minimum absolute atomic E-state index is 0.230. The fourth-order valence-electron chi connectivity index (χ4n) is 6.26. The molecule has 0 spiro atoms. The molecule has 55 heavy (non-hydrogen) atoms. The van der Waals surface area contributed by atoms with Crippen LogP contribution in [0.2, 0.25) is 0 Å². The molecule has 1 aliphatic heterocycles. The zero-order valence-corrected chi connectivity index (χ0v) is 30.6. The van der Waals surface area contributed by atoms with Crippen LogP contribution >= 0.6 is 11.8 Å². The Hall–Kier alpha value is -6.45. The summed E-state index contributed by atoms with van der Waals surface area (Å²) in [5.74, 6) is -2.60. The van der Waals surface area contributed by atoms with Gasteiger partial charge in [-0.25, -0.2) is 14.4 Å². The number of thioether (sulfide) groups is 1. The summed E-state index contributed by atoms with van der Waals surface area (Å²) in [5, 5.41) is -0.761. The zero-order chi connectivity index (χ0) is 38.1. The first-order chi connectivity index (χ1) is 26.8. The van der Waals surface area contributed by atoms with E-state index in [1.807, 2.05) is 127 Å². The third kappa shape index (κ3) is 9.03. The van der Waals surface area contributed by atoms with Gasteiger partial charge in [0.05, 0.1) is 21.9 Å². The summed E-state index contributed by atoms with van der Waals surface area (Å²) in [4.78, 5) is 52.9. The topological polar surface area (TPSA) is 105 Å². The molecule has 7 rings (SSSR count). The number of rotatable bonds is 11. The molecule has 0 aromatic heterocycles. The van der Waals surface area contributed by atoms with E-state index in [0.717, 1.165) is 45.1 Å². The molecular formula is C46H36O8S. The molecule has 9 heteroatoms. The summed E-state index contributed by atoms with van der Waals surface area (Å²) in [7, 11) is 0. The van der Waals surface area contributed by atoms with E-state index in [1.54, 1.807) is 36.4 Å². The van der Waals surface area contributed by atoms with Crippen molar-refractivity contribution in [2.75, 3.05) is 6.61 Å². The van der Waals surface area contributed by atoms with Gasteiger partial charge in [-0.2, -0.15) is 0 Å². The number of hydrogen-bond donors (Lipinski definition) is 0. The minimum atomic E-state index is -1.23. The van der Waals surface area contributed by atoms with Gasteiger partial charge in [0, 0.05) is 6.92 Å². The van der Waals surface area contributed by atoms with Crippen LogP contribution in [0.15, 0.2) is 164 Å². The lowest BCUT2D eigenvalue weighted by atomic mass is 10.0. The van der Waals surface area contributed by atoms with E-state index in [-0.39, 0.29) is 17.7 Å². The highest BCUT2D eigenvalue weighted by molar-refractivity contribution is 8.00. The van der Waals surface area contributed by atoms with Crippen LogP contribution in [0.5, 0.6) is 0 Å². The van der Waals surface area contributed by atoms with Crippen molar-refractivity contribution in [3.8, 4) is 33.4 Å². The molecule has 0 amide bonds. The Kier molecular flexibility index (Phi) is 11.5. The predicted octanol–water partition coefficient (Wildman–Crippen LogP) is 9.30. The monoisotopic (exact) mass is 748 g/mol. The van der Waals surface area contributed by atoms with Gasteiger partial charge in [0.15, 0.2) is 17.6 Å². The highest BCUT2D eigenvalue weighted by atomic mass is 32.2. The second-order valence-electron chi connectivity index (χ2n) is 12.8. The van der Waals surface area contributed by atoms with Gasteiger partial charge >= 0.3 is 23.9 Å². The highest BCUT2D eigenvalue weighted by Gasteiger charge is 2.51. The van der Waals surface area contributed by atoms with E-state index >= 15 is 0 Å². The van der Waals surface area contributed by atoms with Crippen molar-refractivity contribution in [3.63, 3.8) is 0 Å². The molecule has 1 aliphatic rings. The van der Waals surface area contributed by atoms with Crippen LogP contribution in [0.3, 0.4) is 0 Å². The van der Waals surface area contributed by atoms with Crippen molar-refractivity contribution in [1.29, 1.82) is 0 Å². The Morgan fingerprint density at radius 3 is 1.16 bits per heavy atom. The summed E-state index contributed by atoms with van der Waals surface area (Å²) in [6.45, 7) is 1.01. The fraction of sp³-hybridized carbons (Fsp3) is 0.130. The maximum atomic E-state index is 13.7. The lowest BCUT2D eigenvalue weighted by molar-refractivity contribution is -0.148. The summed E-state index contributed by atoms with van der Waals surface area (Å²) < 4.78 is 23.4. The molecule has 0 aliphatic carbocycles. The van der Waals surface area contributed by atoms with Crippen molar-refractivity contribution >= 4 is 35.6 Å². The Morgan fingerprint density at radius 2 is 0.782 bits per heavy atom. The molecule has 0 bridgehead atoms.